The van der Waals surface area contributed by atoms with Gasteiger partial charge in [-0.3, -0.25) is 0 Å². The fraction of sp³-hybridized carbons (Fsp3) is 0.333. The van der Waals surface area contributed by atoms with Gasteiger partial charge in [0.2, 0.25) is 0 Å². The highest BCUT2D eigenvalue weighted by Gasteiger charge is 2.10. The van der Waals surface area contributed by atoms with Crippen LogP contribution >= 0.6 is 15.9 Å². The number of anilines is 1. The minimum Gasteiger partial charge on any atom is -0.464 e. The summed E-state index contributed by atoms with van der Waals surface area (Å²) in [4.78, 5) is 0. The van der Waals surface area contributed by atoms with Gasteiger partial charge in [-0.2, -0.15) is 0 Å². The summed E-state index contributed by atoms with van der Waals surface area (Å²) >= 11 is 3.58. The Morgan fingerprint density at radius 1 is 1.11 bits per heavy atom. The molecule has 2 aromatic rings. The van der Waals surface area contributed by atoms with Gasteiger partial charge in [0.15, 0.2) is 0 Å². The van der Waals surface area contributed by atoms with Crippen molar-refractivity contribution in [2.24, 2.45) is 0 Å². The normalized spacial score (nSPS) is 12.5. The molecule has 1 aromatic heterocycles. The number of nitrogens with one attached hydrogen (secondary N) is 1. The third-order valence-electron chi connectivity index (χ3n) is 3.01. The lowest BCUT2D eigenvalue weighted by atomic mass is 10.1. The lowest BCUT2D eigenvalue weighted by Gasteiger charge is -2.15. The second-order valence-electron chi connectivity index (χ2n) is 4.74. The highest BCUT2D eigenvalue weighted by molar-refractivity contribution is 9.10. The Morgan fingerprint density at radius 2 is 1.72 bits per heavy atom. The first-order valence-electron chi connectivity index (χ1n) is 6.07. The summed E-state index contributed by atoms with van der Waals surface area (Å²) < 4.78 is 6.81. The quantitative estimate of drug-likeness (QED) is 0.849. The van der Waals surface area contributed by atoms with Gasteiger partial charge >= 0.3 is 0 Å². The molecule has 0 aliphatic rings. The standard InChI is InChI=1S/C15H18BrNO/c1-9-7-13(8-10(2)15(9)16)17-12(4)14-6-5-11(3)18-14/h5-8,12,17H,1-4H3. The molecule has 0 saturated heterocycles. The molecule has 0 aliphatic heterocycles. The van der Waals surface area contributed by atoms with Crippen LogP contribution in [-0.2, 0) is 0 Å². The van der Waals surface area contributed by atoms with Gasteiger partial charge in [0.1, 0.15) is 11.5 Å². The number of rotatable bonds is 3. The van der Waals surface area contributed by atoms with Crippen molar-refractivity contribution in [3.63, 3.8) is 0 Å². The topological polar surface area (TPSA) is 25.2 Å². The van der Waals surface area contributed by atoms with E-state index in [0.717, 1.165) is 17.2 Å². The molecule has 1 N–H and O–H groups in total. The van der Waals surface area contributed by atoms with Crippen molar-refractivity contribution in [2.75, 3.05) is 5.32 Å². The van der Waals surface area contributed by atoms with Gasteiger partial charge in [0, 0.05) is 10.2 Å². The summed E-state index contributed by atoms with van der Waals surface area (Å²) in [7, 11) is 0. The zero-order valence-corrected chi connectivity index (χ0v) is 12.8. The molecule has 0 bridgehead atoms. The van der Waals surface area contributed by atoms with E-state index in [9.17, 15) is 0 Å². The number of hydrogen-bond acceptors (Lipinski definition) is 2. The molecule has 96 valence electrons. The van der Waals surface area contributed by atoms with Crippen LogP contribution in [0.15, 0.2) is 33.2 Å². The molecule has 2 nitrogen and oxygen atoms in total. The molecule has 0 fully saturated rings. The smallest absolute Gasteiger partial charge is 0.126 e. The SMILES string of the molecule is Cc1ccc(C(C)Nc2cc(C)c(Br)c(C)c2)o1. The zero-order valence-electron chi connectivity index (χ0n) is 11.2. The van der Waals surface area contributed by atoms with Crippen molar-refractivity contribution in [2.45, 2.75) is 33.7 Å². The zero-order chi connectivity index (χ0) is 13.3. The summed E-state index contributed by atoms with van der Waals surface area (Å²) in [6, 6.07) is 8.46. The molecule has 1 heterocycles. The first-order valence-corrected chi connectivity index (χ1v) is 6.86. The Balaban J connectivity index is 2.19. The Labute approximate surface area is 117 Å². The molecule has 0 spiro atoms. The summed E-state index contributed by atoms with van der Waals surface area (Å²) in [6.07, 6.45) is 0. The molecule has 18 heavy (non-hydrogen) atoms. The fourth-order valence-electron chi connectivity index (χ4n) is 2.04. The Bertz CT molecular complexity index is 536. The fourth-order valence-corrected chi connectivity index (χ4v) is 2.27. The van der Waals surface area contributed by atoms with Gasteiger partial charge in [0.05, 0.1) is 6.04 Å². The molecule has 1 unspecified atom stereocenters. The van der Waals surface area contributed by atoms with Crippen LogP contribution in [0.4, 0.5) is 5.69 Å². The van der Waals surface area contributed by atoms with Crippen molar-refractivity contribution >= 4 is 21.6 Å². The Morgan fingerprint density at radius 3 is 2.22 bits per heavy atom. The highest BCUT2D eigenvalue weighted by atomic mass is 79.9. The van der Waals surface area contributed by atoms with Crippen LogP contribution in [0.1, 0.15) is 35.6 Å². The highest BCUT2D eigenvalue weighted by Crippen LogP contribution is 2.27. The maximum Gasteiger partial charge on any atom is 0.126 e. The van der Waals surface area contributed by atoms with Gasteiger partial charge in [-0.15, -0.1) is 0 Å². The summed E-state index contributed by atoms with van der Waals surface area (Å²) in [6.45, 7) is 8.27. The second kappa shape index (κ2) is 5.19. The molecular formula is C15H18BrNO. The monoisotopic (exact) mass is 307 g/mol. The van der Waals surface area contributed by atoms with E-state index in [1.807, 2.05) is 19.1 Å². The summed E-state index contributed by atoms with van der Waals surface area (Å²) in [5.74, 6) is 1.91. The molecule has 0 saturated carbocycles. The van der Waals surface area contributed by atoms with Crippen LogP contribution in [-0.4, -0.2) is 0 Å². The van der Waals surface area contributed by atoms with E-state index in [-0.39, 0.29) is 6.04 Å². The largest absolute Gasteiger partial charge is 0.464 e. The van der Waals surface area contributed by atoms with Crippen LogP contribution in [0.5, 0.6) is 0 Å². The van der Waals surface area contributed by atoms with Gasteiger partial charge < -0.3 is 9.73 Å². The molecule has 1 aromatic carbocycles. The van der Waals surface area contributed by atoms with Crippen molar-refractivity contribution in [3.8, 4) is 0 Å². The van der Waals surface area contributed by atoms with E-state index in [1.54, 1.807) is 0 Å². The number of hydrogen-bond donors (Lipinski definition) is 1. The average Bonchev–Trinajstić information content (AvgIpc) is 2.72. The Hall–Kier alpha value is -1.22. The van der Waals surface area contributed by atoms with Crippen molar-refractivity contribution in [1.29, 1.82) is 0 Å². The van der Waals surface area contributed by atoms with E-state index in [2.05, 4.69) is 54.2 Å². The summed E-state index contributed by atoms with van der Waals surface area (Å²) in [5.41, 5.74) is 3.59. The van der Waals surface area contributed by atoms with E-state index in [4.69, 9.17) is 4.42 Å². The molecular weight excluding hydrogens is 290 g/mol. The van der Waals surface area contributed by atoms with Crippen molar-refractivity contribution in [3.05, 3.63) is 51.4 Å². The lowest BCUT2D eigenvalue weighted by molar-refractivity contribution is 0.467. The van der Waals surface area contributed by atoms with Crippen LogP contribution in [0.2, 0.25) is 0 Å². The molecule has 0 radical (unpaired) electrons. The molecule has 0 amide bonds. The van der Waals surface area contributed by atoms with Gasteiger partial charge in [-0.05, 0) is 63.1 Å². The second-order valence-corrected chi connectivity index (χ2v) is 5.53. The van der Waals surface area contributed by atoms with Gasteiger partial charge in [-0.25, -0.2) is 0 Å². The van der Waals surface area contributed by atoms with Crippen LogP contribution in [0.3, 0.4) is 0 Å². The number of benzene rings is 1. The number of furan rings is 1. The maximum atomic E-state index is 5.63. The van der Waals surface area contributed by atoms with Gasteiger partial charge in [-0.1, -0.05) is 15.9 Å². The van der Waals surface area contributed by atoms with E-state index in [1.165, 1.54) is 15.6 Å². The number of halogens is 1. The predicted molar refractivity (Wildman–Crippen MR) is 79.1 cm³/mol. The van der Waals surface area contributed by atoms with Crippen LogP contribution < -0.4 is 5.32 Å². The third-order valence-corrected chi connectivity index (χ3v) is 4.26. The first-order chi connectivity index (χ1) is 8.47. The van der Waals surface area contributed by atoms with Crippen molar-refractivity contribution in [1.82, 2.24) is 0 Å². The lowest BCUT2D eigenvalue weighted by Crippen LogP contribution is -2.06. The van der Waals surface area contributed by atoms with Crippen molar-refractivity contribution < 1.29 is 4.42 Å². The van der Waals surface area contributed by atoms with Crippen LogP contribution in [0.25, 0.3) is 0 Å². The van der Waals surface area contributed by atoms with E-state index < -0.39 is 0 Å². The first kappa shape index (κ1) is 13.2. The Kier molecular flexibility index (Phi) is 3.81. The van der Waals surface area contributed by atoms with E-state index in [0.29, 0.717) is 0 Å². The number of aryl methyl sites for hydroxylation is 3. The molecule has 1 atom stereocenters. The van der Waals surface area contributed by atoms with Gasteiger partial charge in [0.25, 0.3) is 0 Å². The average molecular weight is 308 g/mol. The van der Waals surface area contributed by atoms with E-state index >= 15 is 0 Å². The van der Waals surface area contributed by atoms with Crippen LogP contribution in [0, 0.1) is 20.8 Å². The maximum absolute atomic E-state index is 5.63. The molecule has 3 heteroatoms. The minimum absolute atomic E-state index is 0.165. The minimum atomic E-state index is 0.165. The summed E-state index contributed by atoms with van der Waals surface area (Å²) in [5, 5.41) is 3.47. The molecule has 2 rings (SSSR count). The predicted octanol–water partition coefficient (Wildman–Crippen LogP) is 5.14. The molecule has 0 aliphatic carbocycles. The third kappa shape index (κ3) is 2.78.